The van der Waals surface area contributed by atoms with Crippen LogP contribution in [-0.2, 0) is 0 Å². The quantitative estimate of drug-likeness (QED) is 0.509. The molecule has 4 aromatic rings. The van der Waals surface area contributed by atoms with E-state index in [9.17, 15) is 0 Å². The standard InChI is InChI=1S/C21H15NSe/c1-3-9-16(10-4-1)20-21(23-18-12-5-2-6-13-18)19-14-8-7-11-17(19)15-22-20/h1-15H. The summed E-state index contributed by atoms with van der Waals surface area (Å²) in [5.74, 6) is 0. The first kappa shape index (κ1) is 14.2. The average Bonchev–Trinajstić information content (AvgIpc) is 2.64. The van der Waals surface area contributed by atoms with Crippen LogP contribution in [0.5, 0.6) is 0 Å². The Kier molecular flexibility index (Phi) is 3.93. The van der Waals surface area contributed by atoms with E-state index in [1.54, 1.807) is 0 Å². The van der Waals surface area contributed by atoms with Gasteiger partial charge in [-0.3, -0.25) is 0 Å². The number of rotatable bonds is 3. The molecule has 2 heteroatoms. The molecule has 0 saturated heterocycles. The molecule has 1 heterocycles. The third-order valence-electron chi connectivity index (χ3n) is 3.76. The van der Waals surface area contributed by atoms with E-state index in [-0.39, 0.29) is 15.0 Å². The molecule has 0 saturated carbocycles. The molecular formula is C21H15NSe. The molecule has 0 aliphatic heterocycles. The van der Waals surface area contributed by atoms with Crippen LogP contribution in [-0.4, -0.2) is 19.9 Å². The van der Waals surface area contributed by atoms with Crippen molar-refractivity contribution in [3.8, 4) is 11.3 Å². The van der Waals surface area contributed by atoms with Crippen molar-refractivity contribution >= 4 is 34.7 Å². The maximum absolute atomic E-state index is 4.79. The van der Waals surface area contributed by atoms with Crippen molar-refractivity contribution in [2.24, 2.45) is 0 Å². The van der Waals surface area contributed by atoms with Gasteiger partial charge in [0.15, 0.2) is 0 Å². The monoisotopic (exact) mass is 361 g/mol. The number of aromatic nitrogens is 1. The molecule has 1 aromatic heterocycles. The normalized spacial score (nSPS) is 10.8. The van der Waals surface area contributed by atoms with Crippen LogP contribution in [0, 0.1) is 0 Å². The second kappa shape index (κ2) is 6.37. The summed E-state index contributed by atoms with van der Waals surface area (Å²) in [4.78, 5) is 4.79. The molecule has 1 nitrogen and oxygen atoms in total. The number of benzene rings is 3. The van der Waals surface area contributed by atoms with E-state index in [0.717, 1.165) is 5.69 Å². The van der Waals surface area contributed by atoms with Crippen LogP contribution in [0.15, 0.2) is 91.1 Å². The van der Waals surface area contributed by atoms with E-state index < -0.39 is 0 Å². The Morgan fingerprint density at radius 3 is 2.09 bits per heavy atom. The molecule has 0 aliphatic rings. The first-order valence-electron chi connectivity index (χ1n) is 7.58. The summed E-state index contributed by atoms with van der Waals surface area (Å²) in [7, 11) is 0. The molecule has 0 fully saturated rings. The molecule has 0 unspecified atom stereocenters. The van der Waals surface area contributed by atoms with Crippen LogP contribution in [0.2, 0.25) is 0 Å². The molecule has 3 aromatic carbocycles. The van der Waals surface area contributed by atoms with Crippen LogP contribution in [0.1, 0.15) is 0 Å². The predicted molar refractivity (Wildman–Crippen MR) is 98.6 cm³/mol. The van der Waals surface area contributed by atoms with Crippen molar-refractivity contribution in [1.82, 2.24) is 4.98 Å². The number of hydrogen-bond acceptors (Lipinski definition) is 1. The Morgan fingerprint density at radius 1 is 0.652 bits per heavy atom. The summed E-state index contributed by atoms with van der Waals surface area (Å²) in [6.07, 6.45) is 1.99. The Bertz CT molecular complexity index is 933. The van der Waals surface area contributed by atoms with E-state index in [1.807, 2.05) is 12.3 Å². The SMILES string of the molecule is c1ccc([Se]c2c(-c3ccccc3)ncc3ccccc23)cc1. The van der Waals surface area contributed by atoms with Gasteiger partial charge >= 0.3 is 142 Å². The van der Waals surface area contributed by atoms with Gasteiger partial charge in [0.05, 0.1) is 0 Å². The molecule has 0 N–H and O–H groups in total. The van der Waals surface area contributed by atoms with Crippen LogP contribution >= 0.6 is 0 Å². The number of nitrogens with zero attached hydrogens (tertiary/aromatic N) is 1. The zero-order valence-electron chi connectivity index (χ0n) is 12.5. The van der Waals surface area contributed by atoms with Crippen LogP contribution < -0.4 is 8.92 Å². The van der Waals surface area contributed by atoms with Crippen molar-refractivity contribution in [2.75, 3.05) is 0 Å². The summed E-state index contributed by atoms with van der Waals surface area (Å²) < 4.78 is 2.73. The number of pyridine rings is 1. The van der Waals surface area contributed by atoms with E-state index in [4.69, 9.17) is 4.98 Å². The van der Waals surface area contributed by atoms with Crippen molar-refractivity contribution in [2.45, 2.75) is 0 Å². The van der Waals surface area contributed by atoms with Crippen LogP contribution in [0.4, 0.5) is 0 Å². The Hall–Kier alpha value is -2.41. The zero-order chi connectivity index (χ0) is 15.5. The first-order chi connectivity index (χ1) is 11.4. The van der Waals surface area contributed by atoms with Gasteiger partial charge in [-0.05, 0) is 0 Å². The molecule has 0 spiro atoms. The molecule has 23 heavy (non-hydrogen) atoms. The third kappa shape index (κ3) is 2.92. The number of hydrogen-bond donors (Lipinski definition) is 0. The van der Waals surface area contributed by atoms with Gasteiger partial charge in [-0.1, -0.05) is 0 Å². The van der Waals surface area contributed by atoms with Gasteiger partial charge in [0.2, 0.25) is 0 Å². The van der Waals surface area contributed by atoms with Gasteiger partial charge in [0, 0.05) is 0 Å². The Labute approximate surface area is 142 Å². The van der Waals surface area contributed by atoms with Gasteiger partial charge in [-0.15, -0.1) is 0 Å². The number of fused-ring (bicyclic) bond motifs is 1. The Balaban J connectivity index is 1.94. The van der Waals surface area contributed by atoms with Gasteiger partial charge in [-0.25, -0.2) is 0 Å². The first-order valence-corrected chi connectivity index (χ1v) is 9.29. The van der Waals surface area contributed by atoms with Crippen molar-refractivity contribution in [1.29, 1.82) is 0 Å². The third-order valence-corrected chi connectivity index (χ3v) is 6.12. The molecular weight excluding hydrogens is 345 g/mol. The minimum atomic E-state index is 0.223. The van der Waals surface area contributed by atoms with E-state index in [1.165, 1.54) is 25.3 Å². The van der Waals surface area contributed by atoms with Crippen molar-refractivity contribution < 1.29 is 0 Å². The molecule has 4 rings (SSSR count). The molecule has 0 amide bonds. The van der Waals surface area contributed by atoms with Gasteiger partial charge in [0.1, 0.15) is 0 Å². The van der Waals surface area contributed by atoms with E-state index in [2.05, 4.69) is 78.9 Å². The maximum atomic E-state index is 4.79. The Morgan fingerprint density at radius 2 is 1.30 bits per heavy atom. The van der Waals surface area contributed by atoms with Gasteiger partial charge in [-0.2, -0.15) is 0 Å². The topological polar surface area (TPSA) is 12.9 Å². The molecule has 0 bridgehead atoms. The molecule has 110 valence electrons. The fourth-order valence-corrected chi connectivity index (χ4v) is 4.94. The predicted octanol–water partition coefficient (Wildman–Crippen LogP) is 3.56. The summed E-state index contributed by atoms with van der Waals surface area (Å²) in [6, 6.07) is 29.7. The van der Waals surface area contributed by atoms with Gasteiger partial charge < -0.3 is 0 Å². The second-order valence-electron chi connectivity index (χ2n) is 5.30. The summed E-state index contributed by atoms with van der Waals surface area (Å²) in [5.41, 5.74) is 2.29. The van der Waals surface area contributed by atoms with Gasteiger partial charge in [0.25, 0.3) is 0 Å². The molecule has 0 atom stereocenters. The summed E-state index contributed by atoms with van der Waals surface area (Å²) >= 11 is 0.223. The zero-order valence-corrected chi connectivity index (χ0v) is 14.2. The minimum absolute atomic E-state index is 0.223. The second-order valence-corrected chi connectivity index (χ2v) is 7.58. The van der Waals surface area contributed by atoms with Crippen LogP contribution in [0.3, 0.4) is 0 Å². The average molecular weight is 360 g/mol. The van der Waals surface area contributed by atoms with Crippen LogP contribution in [0.25, 0.3) is 22.0 Å². The fourth-order valence-electron chi connectivity index (χ4n) is 2.65. The van der Waals surface area contributed by atoms with E-state index in [0.29, 0.717) is 0 Å². The summed E-state index contributed by atoms with van der Waals surface area (Å²) in [6.45, 7) is 0. The van der Waals surface area contributed by atoms with Crippen molar-refractivity contribution in [3.63, 3.8) is 0 Å². The fraction of sp³-hybridized carbons (Fsp3) is 0. The molecule has 0 radical (unpaired) electrons. The van der Waals surface area contributed by atoms with Crippen molar-refractivity contribution in [3.05, 3.63) is 91.1 Å². The van der Waals surface area contributed by atoms with E-state index >= 15 is 0 Å². The summed E-state index contributed by atoms with van der Waals surface area (Å²) in [5, 5.41) is 2.52. The molecule has 0 aliphatic carbocycles.